The lowest BCUT2D eigenvalue weighted by Gasteiger charge is -2.17. The van der Waals surface area contributed by atoms with E-state index in [1.165, 1.54) is 0 Å². The SMILES string of the molecule is CC(C)OCCC(=O)C(CN)NC(=O)COC(C)C.CC(C)OCCC(=O)CNC(=O)COC(C)C.CC(C)OCCC(=O)CNC(=O)COC(C)C.CC(C)OCCCCNC(=O)CCC(=O)CNC(=O)COC(C)C.CC(C)OCNC(=O)c1ccc(C(=O)NCOC(C)C)cc1. The molecule has 574 valence electrons. The number of carbonyl (C=O) groups is 11. The van der Waals surface area contributed by atoms with E-state index in [-0.39, 0.29) is 211 Å². The van der Waals surface area contributed by atoms with Crippen molar-refractivity contribution >= 4 is 64.5 Å². The number of rotatable bonds is 50. The summed E-state index contributed by atoms with van der Waals surface area (Å²) < 4.78 is 52.2. The Balaban J connectivity index is -0.000000574. The third kappa shape index (κ3) is 72.8. The van der Waals surface area contributed by atoms with Gasteiger partial charge in [-0.2, -0.15) is 0 Å². The van der Waals surface area contributed by atoms with Gasteiger partial charge in [-0.05, 0) is 176 Å². The van der Waals surface area contributed by atoms with Gasteiger partial charge in [0.25, 0.3) is 11.8 Å². The first-order valence-corrected chi connectivity index (χ1v) is 34.4. The van der Waals surface area contributed by atoms with Crippen LogP contribution in [0.3, 0.4) is 0 Å². The molecule has 0 aromatic heterocycles. The highest BCUT2D eigenvalue weighted by Gasteiger charge is 2.20. The largest absolute Gasteiger partial charge is 0.379 e. The molecule has 0 bridgehead atoms. The fourth-order valence-electron chi connectivity index (χ4n) is 6.51. The predicted molar refractivity (Wildman–Crippen MR) is 378 cm³/mol. The summed E-state index contributed by atoms with van der Waals surface area (Å²) >= 11 is 0. The number of ether oxygens (including phenoxy) is 10. The molecule has 1 unspecified atom stereocenters. The van der Waals surface area contributed by atoms with Crippen molar-refractivity contribution in [3.05, 3.63) is 35.4 Å². The van der Waals surface area contributed by atoms with E-state index < -0.39 is 6.04 Å². The number of Topliss-reactive ketones (excluding diaryl/α,β-unsaturated/α-hetero) is 4. The van der Waals surface area contributed by atoms with Crippen LogP contribution in [0.25, 0.3) is 0 Å². The molecule has 1 aromatic rings. The number of nitrogens with two attached hydrogens (primary N) is 1. The Bertz CT molecular complexity index is 2260. The van der Waals surface area contributed by atoms with Gasteiger partial charge < -0.3 is 90.3 Å². The molecular weight excluding hydrogens is 1290 g/mol. The standard InChI is InChI=1S/C17H32N2O5.C16H24N2O4.C13H26N2O4.2C12H23NO4/c1-13(2)23-10-6-5-9-18-16(21)8-7-15(20)11-19-17(22)12-24-14(3)4;1-11(2)21-9-17-15(19)13-5-7-14(8-6-13)16(20)18-10-22-12(3)4;1-9(2)18-6-5-12(16)11(7-14)15-13(17)8-19-10(3)4;2*1-9(2)16-6-5-11(14)7-13-12(15)8-17-10(3)4/h13-14H,5-12H2,1-4H3,(H,18,21)(H,19,22);5-8,11-12H,9-10H2,1-4H3,(H,17,19)(H,18,20);9-11H,5-8,14H2,1-4H3,(H,15,17);2*9-10H,5-8H2,1-4H3,(H,13,15). The van der Waals surface area contributed by atoms with E-state index in [2.05, 4.69) is 37.2 Å². The summed E-state index contributed by atoms with van der Waals surface area (Å²) in [4.78, 5) is 127. The van der Waals surface area contributed by atoms with Crippen LogP contribution < -0.4 is 43.0 Å². The fraction of sp³-hybridized carbons (Fsp3) is 0.757. The van der Waals surface area contributed by atoms with Gasteiger partial charge in [0.05, 0.1) is 107 Å². The second kappa shape index (κ2) is 63.9. The van der Waals surface area contributed by atoms with Crippen LogP contribution in [-0.2, 0) is 90.5 Å². The lowest BCUT2D eigenvalue weighted by molar-refractivity contribution is -0.132. The number of carbonyl (C=O) groups excluding carboxylic acids is 11. The summed E-state index contributed by atoms with van der Waals surface area (Å²) in [6.45, 7) is 40.4. The van der Waals surface area contributed by atoms with Crippen molar-refractivity contribution in [3.63, 3.8) is 0 Å². The molecule has 99 heavy (non-hydrogen) atoms. The molecule has 1 aromatic carbocycles. The summed E-state index contributed by atoms with van der Waals surface area (Å²) in [6, 6.07) is 5.73. The van der Waals surface area contributed by atoms with E-state index in [1.54, 1.807) is 24.3 Å². The highest BCUT2D eigenvalue weighted by molar-refractivity contribution is 5.98. The lowest BCUT2D eigenvalue weighted by atomic mass is 10.1. The zero-order chi connectivity index (χ0) is 76.3. The van der Waals surface area contributed by atoms with Crippen LogP contribution in [0.1, 0.15) is 204 Å². The van der Waals surface area contributed by atoms with Crippen LogP contribution in [-0.4, -0.2) is 231 Å². The van der Waals surface area contributed by atoms with Gasteiger partial charge in [-0.15, -0.1) is 0 Å². The Kier molecular flexibility index (Phi) is 64.0. The molecule has 9 N–H and O–H groups in total. The van der Waals surface area contributed by atoms with Gasteiger partial charge in [0.1, 0.15) is 39.9 Å². The van der Waals surface area contributed by atoms with E-state index in [1.807, 2.05) is 138 Å². The van der Waals surface area contributed by atoms with Gasteiger partial charge in [0, 0.05) is 62.9 Å². The summed E-state index contributed by atoms with van der Waals surface area (Å²) in [5.41, 5.74) is 6.44. The molecule has 0 saturated heterocycles. The number of hydrogen-bond acceptors (Lipinski definition) is 22. The number of nitrogens with one attached hydrogen (secondary N) is 7. The number of ketones is 4. The van der Waals surface area contributed by atoms with Crippen molar-refractivity contribution in [2.24, 2.45) is 5.73 Å². The third-order valence-electron chi connectivity index (χ3n) is 11.7. The van der Waals surface area contributed by atoms with Gasteiger partial charge in [-0.25, -0.2) is 0 Å². The summed E-state index contributed by atoms with van der Waals surface area (Å²) in [7, 11) is 0. The molecule has 1 atom stereocenters. The molecule has 0 radical (unpaired) electrons. The monoisotopic (exact) mass is 1420 g/mol. The molecule has 0 saturated carbocycles. The third-order valence-corrected chi connectivity index (χ3v) is 11.7. The van der Waals surface area contributed by atoms with Crippen LogP contribution in [0.4, 0.5) is 0 Å². The lowest BCUT2D eigenvalue weighted by Crippen LogP contribution is -2.47. The highest BCUT2D eigenvalue weighted by Crippen LogP contribution is 2.06. The van der Waals surface area contributed by atoms with E-state index in [0.29, 0.717) is 56.9 Å². The van der Waals surface area contributed by atoms with Crippen molar-refractivity contribution in [2.45, 2.75) is 251 Å². The maximum absolute atomic E-state index is 11.8. The van der Waals surface area contributed by atoms with Gasteiger partial charge in [0.15, 0.2) is 23.1 Å². The zero-order valence-electron chi connectivity index (χ0n) is 63.4. The van der Waals surface area contributed by atoms with Crippen molar-refractivity contribution in [3.8, 4) is 0 Å². The first-order valence-electron chi connectivity index (χ1n) is 34.4. The number of unbranched alkanes of at least 4 members (excludes halogenated alkanes) is 1. The quantitative estimate of drug-likeness (QED) is 0.0308. The van der Waals surface area contributed by atoms with Crippen molar-refractivity contribution in [1.82, 2.24) is 37.2 Å². The molecule has 0 heterocycles. The van der Waals surface area contributed by atoms with E-state index in [9.17, 15) is 52.7 Å². The molecule has 0 aliphatic rings. The normalized spacial score (nSPS) is 11.3. The molecule has 29 heteroatoms. The summed E-state index contributed by atoms with van der Waals surface area (Å²) in [6.07, 6.45) is 3.50. The average molecular weight is 1420 g/mol. The van der Waals surface area contributed by atoms with Crippen LogP contribution >= 0.6 is 0 Å². The van der Waals surface area contributed by atoms with Crippen molar-refractivity contribution < 1.29 is 100 Å². The van der Waals surface area contributed by atoms with Crippen molar-refractivity contribution in [1.29, 1.82) is 0 Å². The number of benzene rings is 1. The minimum Gasteiger partial charge on any atom is -0.379 e. The minimum absolute atomic E-state index is 0.00651. The molecular formula is C70H128N8O21. The Morgan fingerprint density at radius 1 is 0.323 bits per heavy atom. The van der Waals surface area contributed by atoms with Crippen LogP contribution in [0.5, 0.6) is 0 Å². The molecule has 0 aliphatic heterocycles. The van der Waals surface area contributed by atoms with Crippen LogP contribution in [0.15, 0.2) is 24.3 Å². The smallest absolute Gasteiger partial charge is 0.253 e. The Hall–Kier alpha value is -6.25. The summed E-state index contributed by atoms with van der Waals surface area (Å²) in [5.74, 6) is -2.20. The van der Waals surface area contributed by atoms with E-state index >= 15 is 0 Å². The second-order valence-electron chi connectivity index (χ2n) is 25.0. The van der Waals surface area contributed by atoms with E-state index in [0.717, 1.165) is 12.8 Å². The second-order valence-corrected chi connectivity index (χ2v) is 25.0. The van der Waals surface area contributed by atoms with Crippen LogP contribution in [0, 0.1) is 0 Å². The van der Waals surface area contributed by atoms with Gasteiger partial charge in [-0.1, -0.05) is 0 Å². The molecule has 0 spiro atoms. The summed E-state index contributed by atoms with van der Waals surface area (Å²) in [5, 5.41) is 18.1. The number of amides is 7. The highest BCUT2D eigenvalue weighted by atomic mass is 16.5. The zero-order valence-corrected chi connectivity index (χ0v) is 63.4. The van der Waals surface area contributed by atoms with Gasteiger partial charge >= 0.3 is 0 Å². The fourth-order valence-corrected chi connectivity index (χ4v) is 6.51. The maximum Gasteiger partial charge on any atom is 0.253 e. The molecule has 29 nitrogen and oxygen atoms in total. The molecule has 0 aliphatic carbocycles. The van der Waals surface area contributed by atoms with Crippen LogP contribution in [0.2, 0.25) is 0 Å². The average Bonchev–Trinajstić information content (AvgIpc) is 0.892. The van der Waals surface area contributed by atoms with Gasteiger partial charge in [-0.3, -0.25) is 52.7 Å². The predicted octanol–water partition coefficient (Wildman–Crippen LogP) is 5.17. The van der Waals surface area contributed by atoms with E-state index in [4.69, 9.17) is 53.1 Å². The number of hydrogen-bond donors (Lipinski definition) is 8. The molecule has 1 rings (SSSR count). The minimum atomic E-state index is -0.668. The first kappa shape index (κ1) is 99.1. The first-order chi connectivity index (χ1) is 46.4. The Morgan fingerprint density at radius 3 is 0.949 bits per heavy atom. The maximum atomic E-state index is 11.8. The Morgan fingerprint density at radius 2 is 0.626 bits per heavy atom. The van der Waals surface area contributed by atoms with Gasteiger partial charge in [0.2, 0.25) is 29.5 Å². The molecule has 7 amide bonds. The molecule has 0 fully saturated rings. The Labute approximate surface area is 590 Å². The van der Waals surface area contributed by atoms with Crippen molar-refractivity contribution in [2.75, 3.05) is 99.0 Å². The topological polar surface area (TPSA) is 390 Å².